The largest absolute Gasteiger partial charge is 0.409 e. The van der Waals surface area contributed by atoms with E-state index < -0.39 is 6.18 Å². The van der Waals surface area contributed by atoms with E-state index >= 15 is 0 Å². The molecule has 0 aliphatic carbocycles. The Hall–Kier alpha value is -3.08. The van der Waals surface area contributed by atoms with E-state index in [1.165, 1.54) is 24.3 Å². The second kappa shape index (κ2) is 6.81. The van der Waals surface area contributed by atoms with Gasteiger partial charge in [-0.2, -0.15) is 13.2 Å². The van der Waals surface area contributed by atoms with Crippen LogP contribution in [-0.2, 0) is 0 Å². The third-order valence-electron chi connectivity index (χ3n) is 3.64. The summed E-state index contributed by atoms with van der Waals surface area (Å²) >= 11 is 0. The number of anilines is 1. The SMILES string of the molecule is O=C(Nc1ccc2ccccc2c1)c1ccc(/C=C/C(F)(F)F)cc1. The number of carbonyl (C=O) groups is 1. The molecular formula is C20H14F3NO. The van der Waals surface area contributed by atoms with Crippen LogP contribution >= 0.6 is 0 Å². The molecule has 0 bridgehead atoms. The Morgan fingerprint density at radius 2 is 1.56 bits per heavy atom. The molecule has 1 N–H and O–H groups in total. The maximum absolute atomic E-state index is 12.3. The van der Waals surface area contributed by atoms with Gasteiger partial charge in [-0.15, -0.1) is 0 Å². The van der Waals surface area contributed by atoms with E-state index in [0.29, 0.717) is 16.8 Å². The summed E-state index contributed by atoms with van der Waals surface area (Å²) in [5.41, 5.74) is 1.40. The van der Waals surface area contributed by atoms with E-state index in [1.54, 1.807) is 6.07 Å². The van der Waals surface area contributed by atoms with Gasteiger partial charge in [-0.3, -0.25) is 4.79 Å². The number of allylic oxidation sites excluding steroid dienone is 1. The van der Waals surface area contributed by atoms with Crippen molar-refractivity contribution in [2.45, 2.75) is 6.18 Å². The molecule has 0 fully saturated rings. The highest BCUT2D eigenvalue weighted by atomic mass is 19.4. The third kappa shape index (κ3) is 4.47. The van der Waals surface area contributed by atoms with Crippen LogP contribution in [0.4, 0.5) is 18.9 Å². The number of hydrogen-bond acceptors (Lipinski definition) is 1. The average molecular weight is 341 g/mol. The zero-order chi connectivity index (χ0) is 17.9. The number of halogens is 3. The molecule has 0 heterocycles. The molecule has 2 nitrogen and oxygen atoms in total. The molecule has 3 rings (SSSR count). The summed E-state index contributed by atoms with van der Waals surface area (Å²) in [4.78, 5) is 12.3. The summed E-state index contributed by atoms with van der Waals surface area (Å²) in [6.45, 7) is 0. The predicted molar refractivity (Wildman–Crippen MR) is 93.4 cm³/mol. The highest BCUT2D eigenvalue weighted by Crippen LogP contribution is 2.20. The van der Waals surface area contributed by atoms with Gasteiger partial charge in [0.05, 0.1) is 0 Å². The molecule has 0 radical (unpaired) electrons. The summed E-state index contributed by atoms with van der Waals surface area (Å²) in [5, 5.41) is 4.87. The Labute approximate surface area is 142 Å². The summed E-state index contributed by atoms with van der Waals surface area (Å²) < 4.78 is 36.5. The first kappa shape index (κ1) is 16.8. The minimum atomic E-state index is -4.36. The lowest BCUT2D eigenvalue weighted by Gasteiger charge is -2.07. The van der Waals surface area contributed by atoms with Crippen LogP contribution in [0, 0.1) is 0 Å². The second-order valence-corrected chi connectivity index (χ2v) is 5.51. The van der Waals surface area contributed by atoms with Crippen molar-refractivity contribution in [3.8, 4) is 0 Å². The Bertz CT molecular complexity index is 928. The van der Waals surface area contributed by atoms with Gasteiger partial charge in [0.2, 0.25) is 0 Å². The maximum atomic E-state index is 12.3. The topological polar surface area (TPSA) is 29.1 Å². The summed E-state index contributed by atoms with van der Waals surface area (Å²) in [7, 11) is 0. The summed E-state index contributed by atoms with van der Waals surface area (Å²) in [5.74, 6) is -0.318. The lowest BCUT2D eigenvalue weighted by atomic mass is 10.1. The summed E-state index contributed by atoms with van der Waals surface area (Å²) in [6, 6.07) is 19.3. The van der Waals surface area contributed by atoms with Crippen LogP contribution in [-0.4, -0.2) is 12.1 Å². The molecular weight excluding hydrogens is 327 g/mol. The molecule has 3 aromatic rings. The first-order valence-electron chi connectivity index (χ1n) is 7.57. The van der Waals surface area contributed by atoms with Gasteiger partial charge in [0.1, 0.15) is 0 Å². The van der Waals surface area contributed by atoms with Gasteiger partial charge in [-0.25, -0.2) is 0 Å². The molecule has 1 amide bonds. The number of alkyl halides is 3. The van der Waals surface area contributed by atoms with Crippen molar-refractivity contribution in [2.24, 2.45) is 0 Å². The van der Waals surface area contributed by atoms with E-state index in [4.69, 9.17) is 0 Å². The minimum Gasteiger partial charge on any atom is -0.322 e. The molecule has 0 aromatic heterocycles. The number of benzene rings is 3. The van der Waals surface area contributed by atoms with E-state index in [9.17, 15) is 18.0 Å². The second-order valence-electron chi connectivity index (χ2n) is 5.51. The maximum Gasteiger partial charge on any atom is 0.409 e. The molecule has 126 valence electrons. The first-order valence-corrected chi connectivity index (χ1v) is 7.57. The standard InChI is InChI=1S/C20H14F3NO/c21-20(22,23)12-11-14-5-7-16(8-6-14)19(25)24-18-10-9-15-3-1-2-4-17(15)13-18/h1-13H,(H,24,25)/b12-11+. The van der Waals surface area contributed by atoms with Crippen LogP contribution < -0.4 is 5.32 Å². The van der Waals surface area contributed by atoms with Gasteiger partial charge in [0, 0.05) is 17.3 Å². The van der Waals surface area contributed by atoms with Crippen LogP contribution in [0.25, 0.3) is 16.8 Å². The summed E-state index contributed by atoms with van der Waals surface area (Å²) in [6.07, 6.45) is -3.23. The van der Waals surface area contributed by atoms with Crippen LogP contribution in [0.3, 0.4) is 0 Å². The number of amides is 1. The van der Waals surface area contributed by atoms with Crippen LogP contribution in [0.1, 0.15) is 15.9 Å². The van der Waals surface area contributed by atoms with Crippen molar-refractivity contribution in [3.63, 3.8) is 0 Å². The fourth-order valence-corrected chi connectivity index (χ4v) is 2.41. The highest BCUT2D eigenvalue weighted by molar-refractivity contribution is 6.05. The lowest BCUT2D eigenvalue weighted by Crippen LogP contribution is -2.11. The highest BCUT2D eigenvalue weighted by Gasteiger charge is 2.21. The minimum absolute atomic E-state index is 0.164. The molecule has 0 unspecified atom stereocenters. The quantitative estimate of drug-likeness (QED) is 0.653. The fourth-order valence-electron chi connectivity index (χ4n) is 2.41. The smallest absolute Gasteiger partial charge is 0.322 e. The van der Waals surface area contributed by atoms with Gasteiger partial charge in [-0.1, -0.05) is 48.5 Å². The number of nitrogens with one attached hydrogen (secondary N) is 1. The van der Waals surface area contributed by atoms with Gasteiger partial charge < -0.3 is 5.32 Å². The zero-order valence-electron chi connectivity index (χ0n) is 13.0. The molecule has 0 aliphatic rings. The Balaban J connectivity index is 1.73. The molecule has 3 aromatic carbocycles. The van der Waals surface area contributed by atoms with Crippen LogP contribution in [0.5, 0.6) is 0 Å². The molecule has 0 atom stereocenters. The molecule has 0 saturated heterocycles. The molecule has 0 aliphatic heterocycles. The number of carbonyl (C=O) groups excluding carboxylic acids is 1. The molecule has 5 heteroatoms. The van der Waals surface area contributed by atoms with Crippen LogP contribution in [0.15, 0.2) is 72.8 Å². The molecule has 0 spiro atoms. The third-order valence-corrected chi connectivity index (χ3v) is 3.64. The van der Waals surface area contributed by atoms with Crippen molar-refractivity contribution in [2.75, 3.05) is 5.32 Å². The van der Waals surface area contributed by atoms with E-state index in [1.807, 2.05) is 36.4 Å². The Kier molecular flexibility index (Phi) is 4.57. The van der Waals surface area contributed by atoms with Gasteiger partial charge in [0.25, 0.3) is 5.91 Å². The van der Waals surface area contributed by atoms with Gasteiger partial charge in [0.15, 0.2) is 0 Å². The van der Waals surface area contributed by atoms with Crippen molar-refractivity contribution >= 4 is 28.4 Å². The number of fused-ring (bicyclic) bond motifs is 1. The van der Waals surface area contributed by atoms with Crippen molar-refractivity contribution in [3.05, 3.63) is 83.9 Å². The van der Waals surface area contributed by atoms with Crippen molar-refractivity contribution < 1.29 is 18.0 Å². The normalized spacial score (nSPS) is 11.8. The van der Waals surface area contributed by atoms with Crippen molar-refractivity contribution in [1.82, 2.24) is 0 Å². The predicted octanol–water partition coefficient (Wildman–Crippen LogP) is 5.67. The zero-order valence-corrected chi connectivity index (χ0v) is 13.0. The first-order chi connectivity index (χ1) is 11.9. The van der Waals surface area contributed by atoms with Crippen molar-refractivity contribution in [1.29, 1.82) is 0 Å². The van der Waals surface area contributed by atoms with E-state index in [2.05, 4.69) is 5.32 Å². The Morgan fingerprint density at radius 1 is 0.880 bits per heavy atom. The molecule has 25 heavy (non-hydrogen) atoms. The number of rotatable bonds is 3. The lowest BCUT2D eigenvalue weighted by molar-refractivity contribution is -0.0790. The monoisotopic (exact) mass is 341 g/mol. The fraction of sp³-hybridized carbons (Fsp3) is 0.0500. The van der Waals surface area contributed by atoms with Gasteiger partial charge in [-0.05, 0) is 40.6 Å². The van der Waals surface area contributed by atoms with E-state index in [-0.39, 0.29) is 12.0 Å². The number of hydrogen-bond donors (Lipinski definition) is 1. The molecule has 0 saturated carbocycles. The Morgan fingerprint density at radius 3 is 2.24 bits per heavy atom. The van der Waals surface area contributed by atoms with Gasteiger partial charge >= 0.3 is 6.18 Å². The van der Waals surface area contributed by atoms with E-state index in [0.717, 1.165) is 16.8 Å². The average Bonchev–Trinajstić information content (AvgIpc) is 2.59. The van der Waals surface area contributed by atoms with Crippen LogP contribution in [0.2, 0.25) is 0 Å².